The van der Waals surface area contributed by atoms with Crippen molar-refractivity contribution < 1.29 is 8.42 Å². The van der Waals surface area contributed by atoms with Crippen molar-refractivity contribution in [1.82, 2.24) is 20.2 Å². The minimum atomic E-state index is -3.49. The van der Waals surface area contributed by atoms with Gasteiger partial charge in [0.15, 0.2) is 0 Å². The van der Waals surface area contributed by atoms with E-state index in [9.17, 15) is 8.42 Å². The quantitative estimate of drug-likeness (QED) is 0.742. The van der Waals surface area contributed by atoms with Crippen molar-refractivity contribution >= 4 is 10.0 Å². The Balaban J connectivity index is 2.17. The van der Waals surface area contributed by atoms with Crippen LogP contribution in [0.15, 0.2) is 4.90 Å². The molecule has 0 amide bonds. The van der Waals surface area contributed by atoms with E-state index in [1.807, 2.05) is 6.92 Å². The summed E-state index contributed by atoms with van der Waals surface area (Å²) in [4.78, 5) is 0.309. The van der Waals surface area contributed by atoms with E-state index in [-0.39, 0.29) is 6.04 Å². The van der Waals surface area contributed by atoms with Crippen molar-refractivity contribution in [3.63, 3.8) is 0 Å². The van der Waals surface area contributed by atoms with E-state index in [1.165, 1.54) is 6.42 Å². The molecule has 1 aromatic rings. The minimum Gasteiger partial charge on any atom is -0.311 e. The molecular weight excluding hydrogens is 276 g/mol. The number of aromatic amines is 1. The predicted molar refractivity (Wildman–Crippen MR) is 77.9 cm³/mol. The number of sulfonamides is 1. The van der Waals surface area contributed by atoms with Crippen molar-refractivity contribution in [1.29, 1.82) is 0 Å². The van der Waals surface area contributed by atoms with Gasteiger partial charge in [0.25, 0.3) is 0 Å². The maximum atomic E-state index is 12.6. The molecule has 3 N–H and O–H groups in total. The Morgan fingerprint density at radius 3 is 2.65 bits per heavy atom. The average Bonchev–Trinajstić information content (AvgIpc) is 2.79. The van der Waals surface area contributed by atoms with Crippen LogP contribution in [0.2, 0.25) is 0 Å². The van der Waals surface area contributed by atoms with Gasteiger partial charge in [-0.1, -0.05) is 26.2 Å². The molecule has 2 rings (SSSR count). The second-order valence-electron chi connectivity index (χ2n) is 5.36. The van der Waals surface area contributed by atoms with Gasteiger partial charge in [0.2, 0.25) is 10.0 Å². The van der Waals surface area contributed by atoms with Gasteiger partial charge < -0.3 is 5.32 Å². The molecule has 0 saturated heterocycles. The van der Waals surface area contributed by atoms with Gasteiger partial charge in [0.1, 0.15) is 4.90 Å². The van der Waals surface area contributed by atoms with Gasteiger partial charge in [-0.15, -0.1) is 0 Å². The molecule has 0 atom stereocenters. The van der Waals surface area contributed by atoms with Crippen molar-refractivity contribution in [2.24, 2.45) is 0 Å². The molecular formula is C13H24N4O2S. The highest BCUT2D eigenvalue weighted by molar-refractivity contribution is 7.89. The predicted octanol–water partition coefficient (Wildman–Crippen LogP) is 1.44. The molecule has 1 aliphatic carbocycles. The van der Waals surface area contributed by atoms with E-state index in [0.29, 0.717) is 22.8 Å². The molecule has 1 heterocycles. The molecule has 1 saturated carbocycles. The SMILES string of the molecule is CCNCc1n[nH]c(C)c1S(=O)(=O)NC1CCCCC1. The number of H-pyrrole nitrogens is 1. The summed E-state index contributed by atoms with van der Waals surface area (Å²) in [6, 6.07) is 0.0648. The van der Waals surface area contributed by atoms with Crippen LogP contribution in [-0.4, -0.2) is 31.2 Å². The highest BCUT2D eigenvalue weighted by atomic mass is 32.2. The summed E-state index contributed by atoms with van der Waals surface area (Å²) in [6.45, 7) is 4.97. The average molecular weight is 300 g/mol. The molecule has 0 spiro atoms. The van der Waals surface area contributed by atoms with Gasteiger partial charge in [-0.2, -0.15) is 5.10 Å². The Morgan fingerprint density at radius 2 is 2.00 bits per heavy atom. The van der Waals surface area contributed by atoms with Gasteiger partial charge in [-0.25, -0.2) is 13.1 Å². The van der Waals surface area contributed by atoms with Crippen LogP contribution in [0, 0.1) is 6.92 Å². The molecule has 114 valence electrons. The Hall–Kier alpha value is -0.920. The largest absolute Gasteiger partial charge is 0.311 e. The lowest BCUT2D eigenvalue weighted by Crippen LogP contribution is -2.36. The first-order chi connectivity index (χ1) is 9.54. The lowest BCUT2D eigenvalue weighted by atomic mass is 9.96. The van der Waals surface area contributed by atoms with Gasteiger partial charge >= 0.3 is 0 Å². The topological polar surface area (TPSA) is 86.9 Å². The van der Waals surface area contributed by atoms with Crippen molar-refractivity contribution in [2.75, 3.05) is 6.54 Å². The fourth-order valence-electron chi connectivity index (χ4n) is 2.69. The molecule has 0 aromatic carbocycles. The second kappa shape index (κ2) is 6.69. The third-order valence-electron chi connectivity index (χ3n) is 3.70. The van der Waals surface area contributed by atoms with Crippen LogP contribution in [0.4, 0.5) is 0 Å². The molecule has 0 bridgehead atoms. The number of hydrogen-bond acceptors (Lipinski definition) is 4. The molecule has 1 aromatic heterocycles. The van der Waals surface area contributed by atoms with E-state index in [4.69, 9.17) is 0 Å². The molecule has 0 radical (unpaired) electrons. The van der Waals surface area contributed by atoms with E-state index in [2.05, 4.69) is 20.2 Å². The number of aromatic nitrogens is 2. The standard InChI is InChI=1S/C13H24N4O2S/c1-3-14-9-12-13(10(2)15-16-12)20(18,19)17-11-7-5-4-6-8-11/h11,14,17H,3-9H2,1-2H3,(H,15,16). The normalized spacial score (nSPS) is 17.5. The van der Waals surface area contributed by atoms with E-state index in [1.54, 1.807) is 6.92 Å². The molecule has 20 heavy (non-hydrogen) atoms. The Bertz CT molecular complexity index is 533. The number of nitrogens with one attached hydrogen (secondary N) is 3. The zero-order valence-corrected chi connectivity index (χ0v) is 13.0. The monoisotopic (exact) mass is 300 g/mol. The summed E-state index contributed by atoms with van der Waals surface area (Å²) in [6.07, 6.45) is 5.26. The molecule has 7 heteroatoms. The maximum absolute atomic E-state index is 12.6. The van der Waals surface area contributed by atoms with Crippen LogP contribution in [0.3, 0.4) is 0 Å². The van der Waals surface area contributed by atoms with Gasteiger partial charge in [0.05, 0.1) is 11.4 Å². The fourth-order valence-corrected chi connectivity index (χ4v) is 4.36. The summed E-state index contributed by atoms with van der Waals surface area (Å²) in [5, 5.41) is 10.0. The van der Waals surface area contributed by atoms with Crippen molar-refractivity contribution in [2.45, 2.75) is 63.4 Å². The van der Waals surface area contributed by atoms with Crippen molar-refractivity contribution in [3.05, 3.63) is 11.4 Å². The highest BCUT2D eigenvalue weighted by Crippen LogP contribution is 2.22. The lowest BCUT2D eigenvalue weighted by molar-refractivity contribution is 0.412. The summed E-state index contributed by atoms with van der Waals surface area (Å²) in [7, 11) is -3.49. The first-order valence-electron chi connectivity index (χ1n) is 7.31. The number of nitrogens with zero attached hydrogens (tertiary/aromatic N) is 1. The summed E-state index contributed by atoms with van der Waals surface area (Å²) in [5.41, 5.74) is 1.16. The molecule has 6 nitrogen and oxygen atoms in total. The van der Waals surface area contributed by atoms with Gasteiger partial charge in [-0.05, 0) is 26.3 Å². The Morgan fingerprint density at radius 1 is 1.30 bits per heavy atom. The lowest BCUT2D eigenvalue weighted by Gasteiger charge is -2.22. The van der Waals surface area contributed by atoms with Crippen LogP contribution in [0.25, 0.3) is 0 Å². The van der Waals surface area contributed by atoms with Gasteiger partial charge in [0, 0.05) is 12.6 Å². The fraction of sp³-hybridized carbons (Fsp3) is 0.769. The number of hydrogen-bond donors (Lipinski definition) is 3. The molecule has 1 fully saturated rings. The molecule has 1 aliphatic rings. The van der Waals surface area contributed by atoms with Crippen LogP contribution in [0.5, 0.6) is 0 Å². The molecule has 0 aliphatic heterocycles. The van der Waals surface area contributed by atoms with E-state index in [0.717, 1.165) is 32.2 Å². The maximum Gasteiger partial charge on any atom is 0.244 e. The van der Waals surface area contributed by atoms with Gasteiger partial charge in [-0.3, -0.25) is 5.10 Å². The number of aryl methyl sites for hydroxylation is 1. The third kappa shape index (κ3) is 3.59. The van der Waals surface area contributed by atoms with Crippen LogP contribution in [0.1, 0.15) is 50.4 Å². The smallest absolute Gasteiger partial charge is 0.244 e. The summed E-state index contributed by atoms with van der Waals surface area (Å²) in [5.74, 6) is 0. The highest BCUT2D eigenvalue weighted by Gasteiger charge is 2.27. The van der Waals surface area contributed by atoms with Crippen molar-refractivity contribution in [3.8, 4) is 0 Å². The zero-order valence-electron chi connectivity index (χ0n) is 12.2. The van der Waals surface area contributed by atoms with E-state index >= 15 is 0 Å². The Labute approximate surface area is 120 Å². The molecule has 0 unspecified atom stereocenters. The van der Waals surface area contributed by atoms with Crippen LogP contribution in [-0.2, 0) is 16.6 Å². The summed E-state index contributed by atoms with van der Waals surface area (Å²) >= 11 is 0. The number of rotatable bonds is 6. The Kier molecular flexibility index (Phi) is 5.17. The van der Waals surface area contributed by atoms with Crippen LogP contribution < -0.4 is 10.0 Å². The van der Waals surface area contributed by atoms with E-state index < -0.39 is 10.0 Å². The third-order valence-corrected chi connectivity index (χ3v) is 5.42. The second-order valence-corrected chi connectivity index (χ2v) is 7.01. The zero-order chi connectivity index (χ0) is 14.6. The first kappa shape index (κ1) is 15.5. The minimum absolute atomic E-state index is 0.0648. The first-order valence-corrected chi connectivity index (χ1v) is 8.79. The van der Waals surface area contributed by atoms with Crippen LogP contribution >= 0.6 is 0 Å². The summed E-state index contributed by atoms with van der Waals surface area (Å²) < 4.78 is 28.0.